The number of aliphatic hydroxyl groups excluding tert-OH is 3. The number of nitrogens with zero attached hydrogens (tertiary/aromatic N) is 1. The largest absolute Gasteiger partial charge is 0.508 e. The molecule has 3 heterocycles. The molecule has 11 unspecified atom stereocenters. The molecule has 3 fully saturated rings. The number of ketones is 1. The normalized spacial score (nSPS) is 30.7. The molecule has 0 saturated heterocycles. The average Bonchev–Trinajstić information content (AvgIpc) is 1.75. The van der Waals surface area contributed by atoms with E-state index in [4.69, 9.17) is 21.9 Å². The van der Waals surface area contributed by atoms with Crippen LogP contribution >= 0.6 is 0 Å². The fraction of sp³-hybridized carbons (Fsp3) is 0.515. The Morgan fingerprint density at radius 3 is 2.45 bits per heavy atom. The first-order valence-corrected chi connectivity index (χ1v) is 30.0. The number of fused-ring (bicyclic) bond motifs is 4. The number of nitrogens with two attached hydrogens (primary N) is 3. The van der Waals surface area contributed by atoms with E-state index >= 15 is 4.79 Å². The van der Waals surface area contributed by atoms with Gasteiger partial charge in [-0.25, -0.2) is 0 Å². The molecular formula is C68H88N6O8. The van der Waals surface area contributed by atoms with E-state index in [-0.39, 0.29) is 68.0 Å². The minimum absolute atomic E-state index is 0.0256. The van der Waals surface area contributed by atoms with Crippen molar-refractivity contribution in [2.75, 3.05) is 26.3 Å². The summed E-state index contributed by atoms with van der Waals surface area (Å²) in [5.41, 5.74) is 25.5. The van der Waals surface area contributed by atoms with Crippen molar-refractivity contribution in [2.45, 2.75) is 165 Å². The van der Waals surface area contributed by atoms with Crippen molar-refractivity contribution in [3.05, 3.63) is 159 Å². The van der Waals surface area contributed by atoms with Gasteiger partial charge in [0.15, 0.2) is 11.7 Å². The van der Waals surface area contributed by atoms with E-state index in [2.05, 4.69) is 53.1 Å². The number of phenolic OH excluding ortho intramolecular Hbond substituents is 1. The Morgan fingerprint density at radius 2 is 1.68 bits per heavy atom. The molecule has 14 heteroatoms. The standard InChI is InChI=1S/C68H88N6O8/c1-42-13-7-8-34-82-41-49(22-10-16-43(2)15-9-14-42)52-31-33-68(63(52)79)57-29-28-51(76)36-44-17-11-18-45(35-44)37-55(56(39-73-66(70)71)46-24-26-50(75)27-25-46)59(78)40-72-62-61-48(21-12-23-54(61)64(69)74-65(62)80)38-58(77)60(47-19-5-4-6-20-47)53(57)30-32-67(68,3)81/h10-12,14,16-18,21-27,35,47,51-52,55-57,59,62-64,72,75-76,78-79,81H,2,4-6,9,13,15,19-20,28-34,36-41,69H2,1,3H3,(H,74,80)(H4,70,71,73). The predicted octanol–water partition coefficient (Wildman–Crippen LogP) is 8.18. The first-order chi connectivity index (χ1) is 39.4. The lowest BCUT2D eigenvalue weighted by molar-refractivity contribution is -0.168. The SMILES string of the molecule is C=C1C=CC=C(C2CCC3(C4CCC(O)Cc5cccc(c5)CC(C(CN=C(N)N)c5ccc(O)cc5)C(O)CNC5C(=O)NC(N)c6cccc(c65)CC(=O)C(C5CCCCC5)=C4CCC3(C)O)C2O)COCC#CCC(C)=CCC1. The highest BCUT2D eigenvalue weighted by Gasteiger charge is 2.64. The Bertz CT molecular complexity index is 3010. The molecule has 3 aromatic rings. The minimum atomic E-state index is -1.36. The molecule has 82 heavy (non-hydrogen) atoms. The Balaban J connectivity index is 1.16. The van der Waals surface area contributed by atoms with E-state index in [0.717, 1.165) is 83.9 Å². The van der Waals surface area contributed by atoms with Gasteiger partial charge in [0.1, 0.15) is 24.6 Å². The van der Waals surface area contributed by atoms with Crippen LogP contribution in [0.25, 0.3) is 0 Å². The topological polar surface area (TPSA) is 259 Å². The molecule has 3 aliphatic heterocycles. The summed E-state index contributed by atoms with van der Waals surface area (Å²) < 4.78 is 6.27. The van der Waals surface area contributed by atoms with Gasteiger partial charge in [-0.2, -0.15) is 0 Å². The van der Waals surface area contributed by atoms with Gasteiger partial charge in [-0.05, 0) is 165 Å². The second-order valence-electron chi connectivity index (χ2n) is 24.6. The van der Waals surface area contributed by atoms with Crippen LogP contribution in [-0.4, -0.2) is 93.4 Å². The van der Waals surface area contributed by atoms with Gasteiger partial charge in [0.25, 0.3) is 0 Å². The fourth-order valence-corrected chi connectivity index (χ4v) is 15.0. The molecule has 9 rings (SSSR count). The van der Waals surface area contributed by atoms with Gasteiger partial charge < -0.3 is 52.8 Å². The van der Waals surface area contributed by atoms with Crippen molar-refractivity contribution >= 4 is 17.6 Å². The van der Waals surface area contributed by atoms with Gasteiger partial charge in [0.2, 0.25) is 5.91 Å². The molecule has 0 aromatic heterocycles. The van der Waals surface area contributed by atoms with E-state index in [1.54, 1.807) is 24.3 Å². The van der Waals surface area contributed by atoms with E-state index in [9.17, 15) is 30.3 Å². The number of Topliss-reactive ketones (excluding diaryl/α,β-unsaturated/α-hetero) is 1. The number of aromatic hydroxyl groups is 1. The maximum absolute atomic E-state index is 16.0. The Kier molecular flexibility index (Phi) is 19.9. The molecule has 14 nitrogen and oxygen atoms in total. The Hall–Kier alpha value is -6.15. The lowest BCUT2D eigenvalue weighted by Gasteiger charge is -2.56. The van der Waals surface area contributed by atoms with Crippen LogP contribution in [0, 0.1) is 40.9 Å². The summed E-state index contributed by atoms with van der Waals surface area (Å²) in [6.45, 7) is 8.83. The molecular weight excluding hydrogens is 1030 g/mol. The maximum atomic E-state index is 16.0. The number of hydrogen-bond donors (Lipinski definition) is 10. The molecule has 13 N–H and O–H groups in total. The number of rotatable bonds is 6. The number of phenols is 1. The maximum Gasteiger partial charge on any atom is 0.243 e. The molecule has 3 aromatic carbocycles. The summed E-state index contributed by atoms with van der Waals surface area (Å²) in [7, 11) is 0. The van der Waals surface area contributed by atoms with Crippen molar-refractivity contribution in [2.24, 2.45) is 51.3 Å². The second kappa shape index (κ2) is 27.0. The number of ether oxygens (including phenoxy) is 1. The van der Waals surface area contributed by atoms with Crippen LogP contribution in [0.3, 0.4) is 0 Å². The van der Waals surface area contributed by atoms with Gasteiger partial charge >= 0.3 is 0 Å². The fourth-order valence-electron chi connectivity index (χ4n) is 15.0. The third-order valence-corrected chi connectivity index (χ3v) is 19.2. The third-order valence-electron chi connectivity index (χ3n) is 19.2. The zero-order valence-electron chi connectivity index (χ0n) is 48.1. The highest BCUT2D eigenvalue weighted by Crippen LogP contribution is 2.64. The van der Waals surface area contributed by atoms with E-state index < -0.39 is 59.3 Å². The number of carbonyl (C=O) groups is 2. The highest BCUT2D eigenvalue weighted by molar-refractivity contribution is 5.99. The summed E-state index contributed by atoms with van der Waals surface area (Å²) in [5.74, 6) is 4.01. The summed E-state index contributed by atoms with van der Waals surface area (Å²) in [6, 6.07) is 19.4. The minimum Gasteiger partial charge on any atom is -0.508 e. The number of aliphatic imine (C=N–C) groups is 1. The lowest BCUT2D eigenvalue weighted by Crippen LogP contribution is -2.59. The van der Waals surface area contributed by atoms with Crippen LogP contribution in [0.4, 0.5) is 0 Å². The molecule has 2 bridgehead atoms. The number of benzene rings is 3. The van der Waals surface area contributed by atoms with Gasteiger partial charge in [-0.3, -0.25) is 19.9 Å². The summed E-state index contributed by atoms with van der Waals surface area (Å²) in [6.07, 6.45) is 14.7. The predicted molar refractivity (Wildman–Crippen MR) is 322 cm³/mol. The smallest absolute Gasteiger partial charge is 0.243 e. The van der Waals surface area contributed by atoms with Gasteiger partial charge in [-0.1, -0.05) is 133 Å². The highest BCUT2D eigenvalue weighted by atomic mass is 16.5. The van der Waals surface area contributed by atoms with E-state index in [0.29, 0.717) is 74.5 Å². The molecule has 1 spiro atoms. The quantitative estimate of drug-likeness (QED) is 0.0485. The Labute approximate surface area is 485 Å². The van der Waals surface area contributed by atoms with Crippen LogP contribution in [0.15, 0.2) is 130 Å². The molecule has 0 radical (unpaired) electrons. The van der Waals surface area contributed by atoms with Crippen molar-refractivity contribution in [1.82, 2.24) is 10.6 Å². The number of amides is 1. The van der Waals surface area contributed by atoms with Crippen molar-refractivity contribution in [3.63, 3.8) is 0 Å². The van der Waals surface area contributed by atoms with Crippen molar-refractivity contribution in [3.8, 4) is 17.6 Å². The molecule has 1 amide bonds. The average molecular weight is 1120 g/mol. The number of aliphatic hydroxyl groups is 4. The number of guanidine groups is 1. The van der Waals surface area contributed by atoms with Gasteiger partial charge in [0.05, 0.1) is 30.5 Å². The summed E-state index contributed by atoms with van der Waals surface area (Å²) in [5, 5.41) is 68.3. The number of β-amino-alcohol motifs (C(OH)–C–C–N with tert-alkyl or cyclic N) is 1. The van der Waals surface area contributed by atoms with Gasteiger partial charge in [0, 0.05) is 43.2 Å². The number of nitrogens with one attached hydrogen (secondary N) is 2. The van der Waals surface area contributed by atoms with Crippen LogP contribution in [0.1, 0.15) is 155 Å². The zero-order chi connectivity index (χ0) is 58.1. The lowest BCUT2D eigenvalue weighted by atomic mass is 9.51. The molecule has 3 saturated carbocycles. The number of allylic oxidation sites excluding steroid dienone is 8. The van der Waals surface area contributed by atoms with Crippen molar-refractivity contribution in [1.29, 1.82) is 0 Å². The van der Waals surface area contributed by atoms with Gasteiger partial charge in [-0.15, -0.1) is 0 Å². The van der Waals surface area contributed by atoms with E-state index in [1.165, 1.54) is 5.57 Å². The summed E-state index contributed by atoms with van der Waals surface area (Å²) in [4.78, 5) is 34.9. The molecule has 11 atom stereocenters. The van der Waals surface area contributed by atoms with E-state index in [1.807, 2.05) is 61.5 Å². The third kappa shape index (κ3) is 13.7. The number of hydrogen-bond acceptors (Lipinski definition) is 11. The molecule has 438 valence electrons. The van der Waals surface area contributed by atoms with Crippen LogP contribution in [0.2, 0.25) is 0 Å². The zero-order valence-corrected chi connectivity index (χ0v) is 48.1. The second-order valence-corrected chi connectivity index (χ2v) is 24.6. The van der Waals surface area contributed by atoms with Crippen LogP contribution < -0.4 is 27.8 Å². The Morgan fingerprint density at radius 1 is 0.927 bits per heavy atom. The molecule has 3 aliphatic carbocycles. The van der Waals surface area contributed by atoms with Crippen LogP contribution in [0.5, 0.6) is 5.75 Å². The number of carbonyl (C=O) groups excluding carboxylic acids is 2. The van der Waals surface area contributed by atoms with Crippen molar-refractivity contribution < 1.29 is 39.9 Å². The summed E-state index contributed by atoms with van der Waals surface area (Å²) >= 11 is 0. The first kappa shape index (κ1) is 60.4. The van der Waals surface area contributed by atoms with Crippen LogP contribution in [-0.2, 0) is 33.6 Å². The first-order valence-electron chi connectivity index (χ1n) is 30.0. The monoisotopic (exact) mass is 1120 g/mol. The molecule has 6 aliphatic rings.